The molecule has 2 amide bonds. The third-order valence-electron chi connectivity index (χ3n) is 3.30. The first-order valence-electron chi connectivity index (χ1n) is 6.92. The van der Waals surface area contributed by atoms with Gasteiger partial charge in [-0.25, -0.2) is 4.79 Å². The van der Waals surface area contributed by atoms with E-state index < -0.39 is 5.97 Å². The Bertz CT molecular complexity index is 290. The summed E-state index contributed by atoms with van der Waals surface area (Å²) in [4.78, 5) is 22.0. The quantitative estimate of drug-likeness (QED) is 0.653. The Hall–Kier alpha value is -1.30. The van der Waals surface area contributed by atoms with Gasteiger partial charge < -0.3 is 20.5 Å². The molecule has 1 saturated heterocycles. The molecule has 1 unspecified atom stereocenters. The van der Waals surface area contributed by atoms with Crippen LogP contribution in [0, 0.1) is 5.92 Å². The molecular weight excluding hydrogens is 248 g/mol. The predicted molar refractivity (Wildman–Crippen MR) is 71.0 cm³/mol. The molecule has 0 bridgehead atoms. The Morgan fingerprint density at radius 2 is 2.05 bits per heavy atom. The van der Waals surface area contributed by atoms with Crippen molar-refractivity contribution in [3.63, 3.8) is 0 Å². The molecule has 0 aromatic heterocycles. The first-order chi connectivity index (χ1) is 9.08. The summed E-state index contributed by atoms with van der Waals surface area (Å²) in [7, 11) is 0. The molecule has 1 rings (SSSR count). The largest absolute Gasteiger partial charge is 0.481 e. The third kappa shape index (κ3) is 7.66. The average Bonchev–Trinajstić information content (AvgIpc) is 2.37. The van der Waals surface area contributed by atoms with Crippen molar-refractivity contribution in [3.05, 3.63) is 0 Å². The van der Waals surface area contributed by atoms with Crippen LogP contribution in [0.4, 0.5) is 4.79 Å². The van der Waals surface area contributed by atoms with Crippen LogP contribution in [0.2, 0.25) is 0 Å². The molecule has 0 spiro atoms. The highest BCUT2D eigenvalue weighted by Gasteiger charge is 2.15. The Balaban J connectivity index is 2.07. The van der Waals surface area contributed by atoms with Gasteiger partial charge in [-0.1, -0.05) is 0 Å². The molecule has 6 heteroatoms. The number of aliphatic carboxylic acids is 1. The Kier molecular flexibility index (Phi) is 7.25. The number of urea groups is 1. The molecule has 0 aromatic carbocycles. The zero-order valence-corrected chi connectivity index (χ0v) is 11.5. The first kappa shape index (κ1) is 15.8. The summed E-state index contributed by atoms with van der Waals surface area (Å²) in [6.45, 7) is 4.12. The zero-order chi connectivity index (χ0) is 14.1. The summed E-state index contributed by atoms with van der Waals surface area (Å²) in [5.41, 5.74) is 0. The number of nitrogens with one attached hydrogen (secondary N) is 2. The van der Waals surface area contributed by atoms with Gasteiger partial charge in [-0.15, -0.1) is 0 Å². The number of ether oxygens (including phenoxy) is 1. The lowest BCUT2D eigenvalue weighted by molar-refractivity contribution is -0.137. The minimum Gasteiger partial charge on any atom is -0.481 e. The van der Waals surface area contributed by atoms with Crippen molar-refractivity contribution in [3.8, 4) is 0 Å². The van der Waals surface area contributed by atoms with Gasteiger partial charge >= 0.3 is 12.0 Å². The number of carboxylic acid groups (broad SMARTS) is 1. The van der Waals surface area contributed by atoms with Gasteiger partial charge in [0.1, 0.15) is 0 Å². The second-order valence-corrected chi connectivity index (χ2v) is 5.10. The Labute approximate surface area is 113 Å². The number of amides is 2. The van der Waals surface area contributed by atoms with Crippen molar-refractivity contribution in [2.45, 2.75) is 45.1 Å². The molecule has 0 aliphatic carbocycles. The maximum Gasteiger partial charge on any atom is 0.315 e. The number of rotatable bonds is 7. The van der Waals surface area contributed by atoms with Gasteiger partial charge in [-0.3, -0.25) is 4.79 Å². The zero-order valence-electron chi connectivity index (χ0n) is 11.5. The molecule has 1 atom stereocenters. The minimum atomic E-state index is -0.795. The van der Waals surface area contributed by atoms with Crippen LogP contribution in [0.25, 0.3) is 0 Å². The van der Waals surface area contributed by atoms with E-state index in [0.29, 0.717) is 25.3 Å². The van der Waals surface area contributed by atoms with Crippen molar-refractivity contribution < 1.29 is 19.4 Å². The van der Waals surface area contributed by atoms with Gasteiger partial charge in [0.25, 0.3) is 0 Å². The van der Waals surface area contributed by atoms with Crippen molar-refractivity contribution in [2.24, 2.45) is 5.92 Å². The fourth-order valence-electron chi connectivity index (χ4n) is 2.09. The van der Waals surface area contributed by atoms with Crippen LogP contribution in [0.5, 0.6) is 0 Å². The van der Waals surface area contributed by atoms with Crippen LogP contribution in [0.15, 0.2) is 0 Å². The minimum absolute atomic E-state index is 0.00552. The van der Waals surface area contributed by atoms with Gasteiger partial charge in [0.05, 0.1) is 0 Å². The molecule has 3 N–H and O–H groups in total. The molecule has 1 heterocycles. The van der Waals surface area contributed by atoms with Crippen LogP contribution in [0.3, 0.4) is 0 Å². The SMILES string of the molecule is CC(CCCC(=O)O)NC(=O)NCC1CCOCC1. The summed E-state index contributed by atoms with van der Waals surface area (Å²) in [6.07, 6.45) is 3.40. The molecule has 1 aliphatic rings. The molecule has 1 fully saturated rings. The molecule has 19 heavy (non-hydrogen) atoms. The van der Waals surface area contributed by atoms with Crippen molar-refractivity contribution in [1.82, 2.24) is 10.6 Å². The Morgan fingerprint density at radius 3 is 2.68 bits per heavy atom. The van der Waals surface area contributed by atoms with Gasteiger partial charge in [-0.2, -0.15) is 0 Å². The first-order valence-corrected chi connectivity index (χ1v) is 6.92. The van der Waals surface area contributed by atoms with Crippen LogP contribution < -0.4 is 10.6 Å². The average molecular weight is 272 g/mol. The number of hydrogen-bond acceptors (Lipinski definition) is 3. The van der Waals surface area contributed by atoms with Crippen LogP contribution in [-0.2, 0) is 9.53 Å². The highest BCUT2D eigenvalue weighted by atomic mass is 16.5. The molecule has 1 aliphatic heterocycles. The topological polar surface area (TPSA) is 87.7 Å². The van der Waals surface area contributed by atoms with Gasteiger partial charge in [0.2, 0.25) is 0 Å². The lowest BCUT2D eigenvalue weighted by Crippen LogP contribution is -2.43. The lowest BCUT2D eigenvalue weighted by Gasteiger charge is -2.22. The summed E-state index contributed by atoms with van der Waals surface area (Å²) in [5.74, 6) is -0.294. The van der Waals surface area contributed by atoms with Crippen LogP contribution >= 0.6 is 0 Å². The summed E-state index contributed by atoms with van der Waals surface area (Å²) >= 11 is 0. The number of carbonyl (C=O) groups excluding carboxylic acids is 1. The van der Waals surface area contributed by atoms with E-state index in [-0.39, 0.29) is 18.5 Å². The van der Waals surface area contributed by atoms with E-state index in [1.54, 1.807) is 0 Å². The molecular formula is C13H24N2O4. The van der Waals surface area contributed by atoms with E-state index in [9.17, 15) is 9.59 Å². The fourth-order valence-corrected chi connectivity index (χ4v) is 2.09. The standard InChI is InChI=1S/C13H24N2O4/c1-10(3-2-4-12(16)17)15-13(18)14-9-11-5-7-19-8-6-11/h10-11H,2-9H2,1H3,(H,16,17)(H2,14,15,18). The van der Waals surface area contributed by atoms with Gasteiger partial charge in [0.15, 0.2) is 0 Å². The van der Waals surface area contributed by atoms with E-state index >= 15 is 0 Å². The van der Waals surface area contributed by atoms with E-state index in [0.717, 1.165) is 26.1 Å². The molecule has 6 nitrogen and oxygen atoms in total. The Morgan fingerprint density at radius 1 is 1.37 bits per heavy atom. The van der Waals surface area contributed by atoms with Gasteiger partial charge in [0, 0.05) is 32.2 Å². The summed E-state index contributed by atoms with van der Waals surface area (Å²) < 4.78 is 5.26. The van der Waals surface area contributed by atoms with Crippen LogP contribution in [0.1, 0.15) is 39.0 Å². The number of carboxylic acids is 1. The van der Waals surface area contributed by atoms with Gasteiger partial charge in [-0.05, 0) is 38.5 Å². The van der Waals surface area contributed by atoms with Crippen molar-refractivity contribution >= 4 is 12.0 Å². The third-order valence-corrected chi connectivity index (χ3v) is 3.30. The second kappa shape index (κ2) is 8.74. The van der Waals surface area contributed by atoms with E-state index in [2.05, 4.69) is 10.6 Å². The number of carbonyl (C=O) groups is 2. The van der Waals surface area contributed by atoms with Crippen molar-refractivity contribution in [2.75, 3.05) is 19.8 Å². The smallest absolute Gasteiger partial charge is 0.315 e. The predicted octanol–water partition coefficient (Wildman–Crippen LogP) is 1.36. The molecule has 0 radical (unpaired) electrons. The highest BCUT2D eigenvalue weighted by molar-refractivity contribution is 5.74. The summed E-state index contributed by atoms with van der Waals surface area (Å²) in [6, 6.07) is -0.177. The fraction of sp³-hybridized carbons (Fsp3) is 0.846. The monoisotopic (exact) mass is 272 g/mol. The van der Waals surface area contributed by atoms with Crippen LogP contribution in [-0.4, -0.2) is 42.9 Å². The van der Waals surface area contributed by atoms with E-state index in [4.69, 9.17) is 9.84 Å². The highest BCUT2D eigenvalue weighted by Crippen LogP contribution is 2.13. The molecule has 0 aromatic rings. The maximum atomic E-state index is 11.6. The van der Waals surface area contributed by atoms with Crippen molar-refractivity contribution in [1.29, 1.82) is 0 Å². The summed E-state index contributed by atoms with van der Waals surface area (Å²) in [5, 5.41) is 14.2. The molecule has 110 valence electrons. The second-order valence-electron chi connectivity index (χ2n) is 5.10. The van der Waals surface area contributed by atoms with E-state index in [1.165, 1.54) is 0 Å². The number of hydrogen-bond donors (Lipinski definition) is 3. The maximum absolute atomic E-state index is 11.6. The van der Waals surface area contributed by atoms with E-state index in [1.807, 2.05) is 6.92 Å². The normalized spacial score (nSPS) is 17.7. The molecule has 0 saturated carbocycles. The lowest BCUT2D eigenvalue weighted by atomic mass is 10.0.